The van der Waals surface area contributed by atoms with E-state index in [-0.39, 0.29) is 19.8 Å². The molecule has 0 radical (unpaired) electrons. The van der Waals surface area contributed by atoms with Gasteiger partial charge in [-0.25, -0.2) is 14.4 Å². The first-order valence-corrected chi connectivity index (χ1v) is 10.9. The van der Waals surface area contributed by atoms with Crippen LogP contribution >= 0.6 is 0 Å². The molecule has 2 aliphatic rings. The highest BCUT2D eigenvalue weighted by molar-refractivity contribution is 6.00. The number of carbonyl (C=O) groups excluding carboxylic acids is 4. The molecule has 0 aliphatic carbocycles. The molecule has 0 saturated carbocycles. The fourth-order valence-electron chi connectivity index (χ4n) is 4.03. The lowest BCUT2D eigenvalue weighted by atomic mass is 9.91. The predicted molar refractivity (Wildman–Crippen MR) is 123 cm³/mol. The van der Waals surface area contributed by atoms with Crippen molar-refractivity contribution in [2.75, 3.05) is 25.1 Å². The minimum Gasteiger partial charge on any atom is -0.462 e. The van der Waals surface area contributed by atoms with Crippen LogP contribution in [-0.2, 0) is 19.1 Å². The molecule has 4 rings (SSSR count). The molecule has 2 heterocycles. The van der Waals surface area contributed by atoms with Gasteiger partial charge >= 0.3 is 18.0 Å². The van der Waals surface area contributed by atoms with Gasteiger partial charge in [-0.1, -0.05) is 23.8 Å². The number of rotatable bonds is 6. The van der Waals surface area contributed by atoms with Crippen LogP contribution in [0.1, 0.15) is 40.0 Å². The minimum absolute atomic E-state index is 0.0789. The second kappa shape index (κ2) is 9.38. The number of nitrogens with one attached hydrogen (secondary N) is 2. The number of aryl methyl sites for hydroxylation is 2. The highest BCUT2D eigenvalue weighted by Crippen LogP contribution is 2.36. The monoisotopic (exact) mass is 463 g/mol. The smallest absolute Gasteiger partial charge is 0.338 e. The van der Waals surface area contributed by atoms with Crippen LogP contribution in [0.3, 0.4) is 0 Å². The molecule has 3 amide bonds. The quantitative estimate of drug-likeness (QED) is 0.637. The van der Waals surface area contributed by atoms with E-state index < -0.39 is 29.9 Å². The number of benzene rings is 2. The maximum atomic E-state index is 13.0. The Labute approximate surface area is 196 Å². The van der Waals surface area contributed by atoms with Gasteiger partial charge in [0.25, 0.3) is 0 Å². The summed E-state index contributed by atoms with van der Waals surface area (Å²) in [7, 11) is 0. The Bertz CT molecular complexity index is 1200. The van der Waals surface area contributed by atoms with Gasteiger partial charge in [0, 0.05) is 5.69 Å². The number of nitrogens with zero attached hydrogens (tertiary/aromatic N) is 1. The third-order valence-corrected chi connectivity index (χ3v) is 5.73. The Morgan fingerprint density at radius 3 is 2.59 bits per heavy atom. The Balaban J connectivity index is 1.53. The second-order valence-corrected chi connectivity index (χ2v) is 8.11. The Morgan fingerprint density at radius 1 is 1.15 bits per heavy atom. The highest BCUT2D eigenvalue weighted by atomic mass is 16.5. The van der Waals surface area contributed by atoms with Crippen molar-refractivity contribution in [3.05, 3.63) is 76.0 Å². The van der Waals surface area contributed by atoms with E-state index in [1.807, 2.05) is 32.0 Å². The molecule has 9 nitrogen and oxygen atoms in total. The zero-order valence-corrected chi connectivity index (χ0v) is 19.1. The molecule has 2 aliphatic heterocycles. The molecule has 34 heavy (non-hydrogen) atoms. The summed E-state index contributed by atoms with van der Waals surface area (Å²) < 4.78 is 10.2. The van der Waals surface area contributed by atoms with Crippen LogP contribution in [0.2, 0.25) is 0 Å². The molecule has 2 aromatic rings. The molecule has 2 N–H and O–H groups in total. The van der Waals surface area contributed by atoms with Gasteiger partial charge in [0.1, 0.15) is 13.2 Å². The summed E-state index contributed by atoms with van der Waals surface area (Å²) in [6.07, 6.45) is 0. The molecular weight excluding hydrogens is 438 g/mol. The lowest BCUT2D eigenvalue weighted by Gasteiger charge is -2.33. The van der Waals surface area contributed by atoms with E-state index in [9.17, 15) is 19.2 Å². The first kappa shape index (κ1) is 23.0. The van der Waals surface area contributed by atoms with Gasteiger partial charge in [0.05, 0.1) is 29.5 Å². The van der Waals surface area contributed by atoms with Gasteiger partial charge in [-0.3, -0.25) is 9.69 Å². The number of hydrogen-bond acceptors (Lipinski definition) is 6. The van der Waals surface area contributed by atoms with Crippen molar-refractivity contribution in [2.45, 2.75) is 26.8 Å². The Morgan fingerprint density at radius 2 is 1.88 bits per heavy atom. The van der Waals surface area contributed by atoms with Crippen molar-refractivity contribution >= 4 is 29.6 Å². The van der Waals surface area contributed by atoms with Crippen LogP contribution in [0, 0.1) is 13.8 Å². The number of cyclic esters (lactones) is 1. The van der Waals surface area contributed by atoms with E-state index in [0.717, 1.165) is 16.7 Å². The third-order valence-electron chi connectivity index (χ3n) is 5.73. The van der Waals surface area contributed by atoms with Gasteiger partial charge in [0.15, 0.2) is 0 Å². The molecule has 0 aromatic heterocycles. The summed E-state index contributed by atoms with van der Waals surface area (Å²) in [5.41, 5.74) is 4.28. The molecule has 0 saturated heterocycles. The van der Waals surface area contributed by atoms with Gasteiger partial charge in [-0.15, -0.1) is 0 Å². The predicted octanol–water partition coefficient (Wildman–Crippen LogP) is 3.00. The maximum Gasteiger partial charge on any atom is 0.338 e. The normalized spacial score (nSPS) is 17.1. The van der Waals surface area contributed by atoms with Crippen LogP contribution in [-0.4, -0.2) is 48.5 Å². The van der Waals surface area contributed by atoms with Crippen molar-refractivity contribution in [3.8, 4) is 0 Å². The first-order chi connectivity index (χ1) is 16.3. The number of anilines is 1. The zero-order valence-electron chi connectivity index (χ0n) is 19.1. The lowest BCUT2D eigenvalue weighted by molar-refractivity contribution is -0.136. The SMILES string of the molecule is CCOC(=O)c1ccc(NC(=O)CN2C(=O)NC(c3cc(C)ccc3C)C3=C2COC3=O)cc1. The van der Waals surface area contributed by atoms with E-state index in [1.165, 1.54) is 4.90 Å². The van der Waals surface area contributed by atoms with Crippen molar-refractivity contribution < 1.29 is 28.7 Å². The molecule has 0 fully saturated rings. The van der Waals surface area contributed by atoms with Crippen LogP contribution in [0.5, 0.6) is 0 Å². The van der Waals surface area contributed by atoms with Gasteiger partial charge in [-0.05, 0) is 56.2 Å². The van der Waals surface area contributed by atoms with Crippen molar-refractivity contribution in [1.82, 2.24) is 10.2 Å². The van der Waals surface area contributed by atoms with Crippen molar-refractivity contribution in [1.29, 1.82) is 0 Å². The fourth-order valence-corrected chi connectivity index (χ4v) is 4.03. The number of urea groups is 1. The van der Waals surface area contributed by atoms with E-state index >= 15 is 0 Å². The van der Waals surface area contributed by atoms with E-state index in [4.69, 9.17) is 9.47 Å². The second-order valence-electron chi connectivity index (χ2n) is 8.11. The molecule has 0 spiro atoms. The van der Waals surface area contributed by atoms with Gasteiger partial charge < -0.3 is 20.1 Å². The number of esters is 2. The standard InChI is InChI=1S/C25H25N3O6/c1-4-33-23(30)16-7-9-17(10-8-16)26-20(29)12-28-19-13-34-24(31)21(19)22(27-25(28)32)18-11-14(2)5-6-15(18)3/h5-11,22H,4,12-13H2,1-3H3,(H,26,29)(H,27,32). The Hall–Kier alpha value is -4.14. The minimum atomic E-state index is -0.646. The summed E-state index contributed by atoms with van der Waals surface area (Å²) in [4.78, 5) is 51.2. The average Bonchev–Trinajstić information content (AvgIpc) is 3.19. The van der Waals surface area contributed by atoms with Crippen LogP contribution in [0.15, 0.2) is 53.7 Å². The number of amides is 3. The molecule has 1 atom stereocenters. The van der Waals surface area contributed by atoms with Gasteiger partial charge in [-0.2, -0.15) is 0 Å². The van der Waals surface area contributed by atoms with E-state index in [1.54, 1.807) is 31.2 Å². The van der Waals surface area contributed by atoms with Crippen molar-refractivity contribution in [3.63, 3.8) is 0 Å². The lowest BCUT2D eigenvalue weighted by Crippen LogP contribution is -2.49. The molecule has 1 unspecified atom stereocenters. The average molecular weight is 463 g/mol. The maximum absolute atomic E-state index is 13.0. The summed E-state index contributed by atoms with van der Waals surface area (Å²) in [6.45, 7) is 5.45. The number of hydrogen-bond donors (Lipinski definition) is 2. The summed E-state index contributed by atoms with van der Waals surface area (Å²) in [5, 5.41) is 5.55. The Kier molecular flexibility index (Phi) is 6.36. The van der Waals surface area contributed by atoms with Crippen molar-refractivity contribution in [2.24, 2.45) is 0 Å². The molecule has 9 heteroatoms. The highest BCUT2D eigenvalue weighted by Gasteiger charge is 2.43. The first-order valence-electron chi connectivity index (χ1n) is 10.9. The third kappa shape index (κ3) is 4.50. The number of carbonyl (C=O) groups is 4. The molecule has 0 bridgehead atoms. The summed E-state index contributed by atoms with van der Waals surface area (Å²) in [6, 6.07) is 10.9. The van der Waals surface area contributed by atoms with Gasteiger partial charge in [0.2, 0.25) is 5.91 Å². The van der Waals surface area contributed by atoms with E-state index in [0.29, 0.717) is 22.5 Å². The topological polar surface area (TPSA) is 114 Å². The largest absolute Gasteiger partial charge is 0.462 e. The van der Waals surface area contributed by atoms with Crippen LogP contribution in [0.25, 0.3) is 0 Å². The zero-order chi connectivity index (χ0) is 24.4. The van der Waals surface area contributed by atoms with Crippen LogP contribution in [0.4, 0.5) is 10.5 Å². The molecule has 2 aromatic carbocycles. The van der Waals surface area contributed by atoms with E-state index in [2.05, 4.69) is 10.6 Å². The fraction of sp³-hybridized carbons (Fsp3) is 0.280. The summed E-state index contributed by atoms with van der Waals surface area (Å²) >= 11 is 0. The molecular formula is C25H25N3O6. The number of ether oxygens (including phenoxy) is 2. The molecule has 176 valence electrons. The van der Waals surface area contributed by atoms with Crippen LogP contribution < -0.4 is 10.6 Å². The summed E-state index contributed by atoms with van der Waals surface area (Å²) in [5.74, 6) is -1.43.